The molecule has 2 aromatic rings. The van der Waals surface area contributed by atoms with E-state index in [2.05, 4.69) is 0 Å². The van der Waals surface area contributed by atoms with Crippen LogP contribution < -0.4 is 4.74 Å². The quantitative estimate of drug-likeness (QED) is 0.635. The Hall–Kier alpha value is -3.40. The van der Waals surface area contributed by atoms with E-state index >= 15 is 0 Å². The number of rotatable bonds is 4. The average molecular weight is 323 g/mol. The normalized spacial score (nSPS) is 13.7. The number of hydrogen-bond donors (Lipinski definition) is 0. The largest absolute Gasteiger partial charge is 0.487 e. The SMILES string of the molecule is N#Cc1cccc(C(=O)N2CC(Oc3ccc([N+](=O)[O-])cc3)C2)c1. The molecule has 0 saturated carbocycles. The number of amides is 1. The van der Waals surface area contributed by atoms with Crippen molar-refractivity contribution in [3.63, 3.8) is 0 Å². The van der Waals surface area contributed by atoms with Gasteiger partial charge in [-0.2, -0.15) is 5.26 Å². The van der Waals surface area contributed by atoms with E-state index in [-0.39, 0.29) is 17.7 Å². The number of nitro benzene ring substituents is 1. The highest BCUT2D eigenvalue weighted by molar-refractivity contribution is 5.95. The van der Waals surface area contributed by atoms with Crippen molar-refractivity contribution in [3.8, 4) is 11.8 Å². The highest BCUT2D eigenvalue weighted by Gasteiger charge is 2.32. The first-order chi connectivity index (χ1) is 11.6. The van der Waals surface area contributed by atoms with Crippen molar-refractivity contribution in [2.24, 2.45) is 0 Å². The molecule has 24 heavy (non-hydrogen) atoms. The van der Waals surface area contributed by atoms with Gasteiger partial charge < -0.3 is 9.64 Å². The molecule has 0 aromatic heterocycles. The van der Waals surface area contributed by atoms with Crippen LogP contribution in [0.1, 0.15) is 15.9 Å². The van der Waals surface area contributed by atoms with Crippen molar-refractivity contribution in [2.45, 2.75) is 6.10 Å². The monoisotopic (exact) mass is 323 g/mol. The third-order valence-corrected chi connectivity index (χ3v) is 3.72. The van der Waals surface area contributed by atoms with E-state index in [9.17, 15) is 14.9 Å². The minimum atomic E-state index is -0.469. The number of likely N-dealkylation sites (tertiary alicyclic amines) is 1. The highest BCUT2D eigenvalue weighted by atomic mass is 16.6. The summed E-state index contributed by atoms with van der Waals surface area (Å²) < 4.78 is 5.68. The lowest BCUT2D eigenvalue weighted by molar-refractivity contribution is -0.384. The lowest BCUT2D eigenvalue weighted by Crippen LogP contribution is -2.56. The van der Waals surface area contributed by atoms with Gasteiger partial charge in [0, 0.05) is 17.7 Å². The fourth-order valence-electron chi connectivity index (χ4n) is 2.42. The summed E-state index contributed by atoms with van der Waals surface area (Å²) in [7, 11) is 0. The zero-order valence-electron chi connectivity index (χ0n) is 12.6. The first kappa shape index (κ1) is 15.5. The highest BCUT2D eigenvalue weighted by Crippen LogP contribution is 2.22. The molecule has 0 spiro atoms. The van der Waals surface area contributed by atoms with E-state index in [1.54, 1.807) is 41.3 Å². The molecule has 120 valence electrons. The maximum absolute atomic E-state index is 12.3. The molecule has 1 aliphatic heterocycles. The Labute approximate surface area is 137 Å². The topological polar surface area (TPSA) is 96.5 Å². The molecular weight excluding hydrogens is 310 g/mol. The Bertz CT molecular complexity index is 820. The van der Waals surface area contributed by atoms with Gasteiger partial charge in [0.25, 0.3) is 11.6 Å². The number of nitro groups is 1. The zero-order chi connectivity index (χ0) is 17.1. The van der Waals surface area contributed by atoms with Gasteiger partial charge in [-0.15, -0.1) is 0 Å². The van der Waals surface area contributed by atoms with Crippen molar-refractivity contribution < 1.29 is 14.5 Å². The molecular formula is C17H13N3O4. The van der Waals surface area contributed by atoms with Crippen LogP contribution in [0.2, 0.25) is 0 Å². The van der Waals surface area contributed by atoms with E-state index < -0.39 is 4.92 Å². The smallest absolute Gasteiger partial charge is 0.269 e. The lowest BCUT2D eigenvalue weighted by atomic mass is 10.1. The predicted molar refractivity (Wildman–Crippen MR) is 84.6 cm³/mol. The van der Waals surface area contributed by atoms with E-state index in [0.29, 0.717) is 30.0 Å². The fourth-order valence-corrected chi connectivity index (χ4v) is 2.42. The van der Waals surface area contributed by atoms with Crippen molar-refractivity contribution in [1.29, 1.82) is 5.26 Å². The standard InChI is InChI=1S/C17H13N3O4/c18-9-12-2-1-3-13(8-12)17(21)19-10-16(11-19)24-15-6-4-14(5-7-15)20(22)23/h1-8,16H,10-11H2. The van der Waals surface area contributed by atoms with Gasteiger partial charge in [-0.3, -0.25) is 14.9 Å². The molecule has 0 radical (unpaired) electrons. The summed E-state index contributed by atoms with van der Waals surface area (Å²) in [4.78, 5) is 24.1. The Morgan fingerprint density at radius 3 is 2.58 bits per heavy atom. The maximum atomic E-state index is 12.3. The zero-order valence-corrected chi connectivity index (χ0v) is 12.6. The molecule has 3 rings (SSSR count). The molecule has 7 heteroatoms. The summed E-state index contributed by atoms with van der Waals surface area (Å²) in [5.41, 5.74) is 0.924. The van der Waals surface area contributed by atoms with Crippen LogP contribution in [0.25, 0.3) is 0 Å². The maximum Gasteiger partial charge on any atom is 0.269 e. The molecule has 1 amide bonds. The first-order valence-corrected chi connectivity index (χ1v) is 7.27. The van der Waals surface area contributed by atoms with Crippen LogP contribution in [0.15, 0.2) is 48.5 Å². The number of ether oxygens (including phenoxy) is 1. The van der Waals surface area contributed by atoms with E-state index in [1.807, 2.05) is 6.07 Å². The molecule has 0 N–H and O–H groups in total. The third kappa shape index (κ3) is 3.17. The Morgan fingerprint density at radius 1 is 1.25 bits per heavy atom. The number of carbonyl (C=O) groups excluding carboxylic acids is 1. The number of nitriles is 1. The van der Waals surface area contributed by atoms with Gasteiger partial charge in [0.15, 0.2) is 0 Å². The van der Waals surface area contributed by atoms with Crippen LogP contribution in [0.4, 0.5) is 5.69 Å². The van der Waals surface area contributed by atoms with E-state index in [0.717, 1.165) is 0 Å². The van der Waals surface area contributed by atoms with Crippen LogP contribution in [-0.2, 0) is 0 Å². The van der Waals surface area contributed by atoms with Gasteiger partial charge in [-0.25, -0.2) is 0 Å². The fraction of sp³-hybridized carbons (Fsp3) is 0.176. The number of benzene rings is 2. The van der Waals surface area contributed by atoms with Crippen LogP contribution in [0, 0.1) is 21.4 Å². The Morgan fingerprint density at radius 2 is 1.96 bits per heavy atom. The van der Waals surface area contributed by atoms with Gasteiger partial charge in [0.1, 0.15) is 11.9 Å². The summed E-state index contributed by atoms with van der Waals surface area (Å²) in [5, 5.41) is 19.5. The molecule has 1 fully saturated rings. The minimum absolute atomic E-state index is 0.00476. The first-order valence-electron chi connectivity index (χ1n) is 7.27. The summed E-state index contributed by atoms with van der Waals surface area (Å²) in [6, 6.07) is 14.4. The van der Waals surface area contributed by atoms with Crippen LogP contribution >= 0.6 is 0 Å². The van der Waals surface area contributed by atoms with Gasteiger partial charge in [-0.1, -0.05) is 6.07 Å². The average Bonchev–Trinajstić information content (AvgIpc) is 2.57. The molecule has 0 bridgehead atoms. The molecule has 1 saturated heterocycles. The van der Waals surface area contributed by atoms with Crippen molar-refractivity contribution in [2.75, 3.05) is 13.1 Å². The Kier molecular flexibility index (Phi) is 4.12. The van der Waals surface area contributed by atoms with E-state index in [4.69, 9.17) is 10.00 Å². The molecule has 1 heterocycles. The summed E-state index contributed by atoms with van der Waals surface area (Å²) in [5.74, 6) is 0.389. The lowest BCUT2D eigenvalue weighted by Gasteiger charge is -2.39. The van der Waals surface area contributed by atoms with Crippen molar-refractivity contribution >= 4 is 11.6 Å². The van der Waals surface area contributed by atoms with E-state index in [1.165, 1.54) is 12.1 Å². The molecule has 0 aliphatic carbocycles. The minimum Gasteiger partial charge on any atom is -0.487 e. The van der Waals surface area contributed by atoms with Crippen molar-refractivity contribution in [3.05, 3.63) is 69.8 Å². The predicted octanol–water partition coefficient (Wildman–Crippen LogP) is 2.37. The molecule has 7 nitrogen and oxygen atoms in total. The van der Waals surface area contributed by atoms with Gasteiger partial charge in [0.2, 0.25) is 0 Å². The van der Waals surface area contributed by atoms with Crippen molar-refractivity contribution in [1.82, 2.24) is 4.90 Å². The molecule has 1 aliphatic rings. The molecule has 2 aromatic carbocycles. The van der Waals surface area contributed by atoms with Gasteiger partial charge in [-0.05, 0) is 30.3 Å². The summed E-state index contributed by atoms with van der Waals surface area (Å²) >= 11 is 0. The second-order valence-corrected chi connectivity index (χ2v) is 5.39. The molecule has 0 unspecified atom stereocenters. The molecule has 0 atom stereocenters. The summed E-state index contributed by atoms with van der Waals surface area (Å²) in [6.45, 7) is 0.874. The number of carbonyl (C=O) groups is 1. The second-order valence-electron chi connectivity index (χ2n) is 5.39. The third-order valence-electron chi connectivity index (χ3n) is 3.72. The van der Waals surface area contributed by atoms with Crippen LogP contribution in [0.5, 0.6) is 5.75 Å². The van der Waals surface area contributed by atoms with Crippen LogP contribution in [0.3, 0.4) is 0 Å². The number of non-ortho nitro benzene ring substituents is 1. The van der Waals surface area contributed by atoms with Gasteiger partial charge in [0.05, 0.1) is 29.6 Å². The second kappa shape index (κ2) is 6.38. The Balaban J connectivity index is 1.56. The number of hydrogen-bond acceptors (Lipinski definition) is 5. The van der Waals surface area contributed by atoms with Gasteiger partial charge >= 0.3 is 0 Å². The number of nitrogens with zero attached hydrogens (tertiary/aromatic N) is 3. The summed E-state index contributed by atoms with van der Waals surface area (Å²) in [6.07, 6.45) is -0.144. The van der Waals surface area contributed by atoms with Crippen LogP contribution in [-0.4, -0.2) is 34.9 Å².